The Morgan fingerprint density at radius 3 is 2.53 bits per heavy atom. The van der Waals surface area contributed by atoms with Crippen LogP contribution < -0.4 is 5.32 Å². The van der Waals surface area contributed by atoms with E-state index < -0.39 is 0 Å². The summed E-state index contributed by atoms with van der Waals surface area (Å²) in [5.41, 5.74) is 0. The first-order valence-electron chi connectivity index (χ1n) is 8.41. The summed E-state index contributed by atoms with van der Waals surface area (Å²) in [6, 6.07) is 3.37. The molecule has 19 heavy (non-hydrogen) atoms. The molecule has 2 nitrogen and oxygen atoms in total. The van der Waals surface area contributed by atoms with Crippen molar-refractivity contribution in [2.75, 3.05) is 12.3 Å². The van der Waals surface area contributed by atoms with Gasteiger partial charge in [-0.05, 0) is 57.2 Å². The number of fused-ring (bicyclic) bond motifs is 2. The Labute approximate surface area is 123 Å². The molecule has 3 heterocycles. The van der Waals surface area contributed by atoms with Crippen LogP contribution in [0.15, 0.2) is 0 Å². The van der Waals surface area contributed by atoms with Crippen molar-refractivity contribution < 1.29 is 0 Å². The van der Waals surface area contributed by atoms with Crippen LogP contribution in [0.3, 0.4) is 0 Å². The van der Waals surface area contributed by atoms with Gasteiger partial charge in [-0.15, -0.1) is 0 Å². The van der Waals surface area contributed by atoms with Crippen molar-refractivity contribution >= 4 is 11.8 Å². The molecule has 0 amide bonds. The first kappa shape index (κ1) is 14.2. The molecule has 3 heteroatoms. The topological polar surface area (TPSA) is 15.3 Å². The van der Waals surface area contributed by atoms with Gasteiger partial charge in [0.25, 0.3) is 0 Å². The van der Waals surface area contributed by atoms with Gasteiger partial charge in [0, 0.05) is 29.4 Å². The van der Waals surface area contributed by atoms with E-state index in [-0.39, 0.29) is 0 Å². The van der Waals surface area contributed by atoms with E-state index in [0.717, 1.165) is 29.4 Å². The maximum atomic E-state index is 3.80. The summed E-state index contributed by atoms with van der Waals surface area (Å²) in [5, 5.41) is 4.64. The van der Waals surface area contributed by atoms with Crippen molar-refractivity contribution in [1.82, 2.24) is 10.2 Å². The Morgan fingerprint density at radius 1 is 1.16 bits per heavy atom. The van der Waals surface area contributed by atoms with E-state index in [1.807, 2.05) is 0 Å². The van der Waals surface area contributed by atoms with Crippen molar-refractivity contribution in [3.63, 3.8) is 0 Å². The van der Waals surface area contributed by atoms with Gasteiger partial charge in [0.1, 0.15) is 0 Å². The van der Waals surface area contributed by atoms with Crippen LogP contribution in [0.5, 0.6) is 0 Å². The lowest BCUT2D eigenvalue weighted by Gasteiger charge is -2.45. The monoisotopic (exact) mass is 282 g/mol. The fraction of sp³-hybridized carbons (Fsp3) is 1.00. The van der Waals surface area contributed by atoms with Gasteiger partial charge < -0.3 is 5.32 Å². The average molecular weight is 282 g/mol. The van der Waals surface area contributed by atoms with E-state index in [0.29, 0.717) is 0 Å². The van der Waals surface area contributed by atoms with Gasteiger partial charge in [0.05, 0.1) is 0 Å². The molecule has 110 valence electrons. The molecule has 0 radical (unpaired) electrons. The maximum Gasteiger partial charge on any atom is 0.0215 e. The highest BCUT2D eigenvalue weighted by molar-refractivity contribution is 7.99. The van der Waals surface area contributed by atoms with Gasteiger partial charge in [-0.2, -0.15) is 11.8 Å². The quantitative estimate of drug-likeness (QED) is 0.852. The minimum Gasteiger partial charge on any atom is -0.311 e. The molecule has 3 aliphatic heterocycles. The third kappa shape index (κ3) is 3.14. The Morgan fingerprint density at radius 2 is 1.89 bits per heavy atom. The summed E-state index contributed by atoms with van der Waals surface area (Å²) in [6.45, 7) is 6.13. The molecule has 0 aromatic heterocycles. The predicted molar refractivity (Wildman–Crippen MR) is 84.9 cm³/mol. The summed E-state index contributed by atoms with van der Waals surface area (Å²) >= 11 is 2.20. The molecule has 2 bridgehead atoms. The number of piperidine rings is 1. The average Bonchev–Trinajstić information content (AvgIpc) is 2.76. The van der Waals surface area contributed by atoms with Gasteiger partial charge in [-0.3, -0.25) is 4.90 Å². The summed E-state index contributed by atoms with van der Waals surface area (Å²) in [7, 11) is 0. The summed E-state index contributed by atoms with van der Waals surface area (Å²) in [5.74, 6) is 1.38. The number of thioether (sulfide) groups is 1. The third-order valence-corrected chi connectivity index (χ3v) is 6.76. The highest BCUT2D eigenvalue weighted by atomic mass is 32.2. The fourth-order valence-corrected chi connectivity index (χ4v) is 5.74. The van der Waals surface area contributed by atoms with Crippen LogP contribution in [0.25, 0.3) is 0 Å². The number of hydrogen-bond acceptors (Lipinski definition) is 3. The second kappa shape index (κ2) is 6.36. The van der Waals surface area contributed by atoms with Gasteiger partial charge in [0.2, 0.25) is 0 Å². The molecular formula is C16H30N2S. The van der Waals surface area contributed by atoms with Crippen molar-refractivity contribution in [2.24, 2.45) is 0 Å². The van der Waals surface area contributed by atoms with Crippen LogP contribution in [0.2, 0.25) is 0 Å². The van der Waals surface area contributed by atoms with Crippen molar-refractivity contribution in [2.45, 2.75) is 88.2 Å². The van der Waals surface area contributed by atoms with Crippen LogP contribution >= 0.6 is 11.8 Å². The Balaban J connectivity index is 1.69. The zero-order valence-electron chi connectivity index (χ0n) is 12.6. The van der Waals surface area contributed by atoms with E-state index in [1.54, 1.807) is 0 Å². The highest BCUT2D eigenvalue weighted by Crippen LogP contribution is 2.35. The van der Waals surface area contributed by atoms with E-state index in [9.17, 15) is 0 Å². The second-order valence-electron chi connectivity index (χ2n) is 6.79. The predicted octanol–water partition coefficient (Wildman–Crippen LogP) is 3.27. The molecule has 0 spiro atoms. The zero-order valence-corrected chi connectivity index (χ0v) is 13.4. The number of rotatable bonds is 4. The first-order valence-corrected chi connectivity index (χ1v) is 9.46. The Bertz CT molecular complexity index is 284. The largest absolute Gasteiger partial charge is 0.311 e. The third-order valence-electron chi connectivity index (χ3n) is 5.39. The van der Waals surface area contributed by atoms with Crippen molar-refractivity contribution in [3.05, 3.63) is 0 Å². The molecule has 3 aliphatic rings. The Kier molecular flexibility index (Phi) is 4.76. The molecule has 3 rings (SSSR count). The fourth-order valence-electron chi connectivity index (χ4n) is 4.52. The lowest BCUT2D eigenvalue weighted by molar-refractivity contribution is 0.0868. The molecule has 4 unspecified atom stereocenters. The molecule has 4 atom stereocenters. The standard InChI is InChI=1S/C16H30N2S/c1-3-8-18(16-5-4-9-19-12(16)2)15-10-13-6-7-14(11-15)17-13/h12-17H,3-11H2,1-2H3. The van der Waals surface area contributed by atoms with Crippen molar-refractivity contribution in [1.29, 1.82) is 0 Å². The Hall–Kier alpha value is 0.270. The molecule has 0 aromatic carbocycles. The van der Waals surface area contributed by atoms with Gasteiger partial charge in [0.15, 0.2) is 0 Å². The number of nitrogens with zero attached hydrogens (tertiary/aromatic N) is 1. The van der Waals surface area contributed by atoms with Crippen LogP contribution in [0.1, 0.15) is 58.8 Å². The maximum absolute atomic E-state index is 3.80. The summed E-state index contributed by atoms with van der Waals surface area (Å²) < 4.78 is 0. The first-order chi connectivity index (χ1) is 9.28. The summed E-state index contributed by atoms with van der Waals surface area (Å²) in [4.78, 5) is 2.92. The minimum absolute atomic E-state index is 0.828. The van der Waals surface area contributed by atoms with E-state index >= 15 is 0 Å². The molecular weight excluding hydrogens is 252 g/mol. The van der Waals surface area contributed by atoms with Crippen LogP contribution in [0.4, 0.5) is 0 Å². The number of nitrogens with one attached hydrogen (secondary N) is 1. The SMILES string of the molecule is CCCN(C1CC2CCC(C1)N2)C1CCCSC1C. The lowest BCUT2D eigenvalue weighted by Crippen LogP contribution is -2.54. The molecule has 3 saturated heterocycles. The minimum atomic E-state index is 0.828. The van der Waals surface area contributed by atoms with E-state index in [4.69, 9.17) is 0 Å². The molecule has 0 saturated carbocycles. The zero-order chi connectivity index (χ0) is 13.2. The van der Waals surface area contributed by atoms with Gasteiger partial charge >= 0.3 is 0 Å². The van der Waals surface area contributed by atoms with Crippen molar-refractivity contribution in [3.8, 4) is 0 Å². The van der Waals surface area contributed by atoms with E-state index in [2.05, 4.69) is 35.8 Å². The lowest BCUT2D eigenvalue weighted by atomic mass is 9.94. The van der Waals surface area contributed by atoms with Gasteiger partial charge in [-0.1, -0.05) is 13.8 Å². The summed E-state index contributed by atoms with van der Waals surface area (Å²) in [6.07, 6.45) is 9.85. The normalized spacial score (nSPS) is 42.8. The van der Waals surface area contributed by atoms with Crippen LogP contribution in [0, 0.1) is 0 Å². The molecule has 0 aliphatic carbocycles. The molecule has 1 N–H and O–H groups in total. The van der Waals surface area contributed by atoms with Crippen LogP contribution in [-0.4, -0.2) is 46.6 Å². The molecule has 0 aromatic rings. The van der Waals surface area contributed by atoms with Crippen LogP contribution in [-0.2, 0) is 0 Å². The molecule has 3 fully saturated rings. The highest BCUT2D eigenvalue weighted by Gasteiger charge is 2.39. The smallest absolute Gasteiger partial charge is 0.0215 e. The van der Waals surface area contributed by atoms with E-state index in [1.165, 1.54) is 57.2 Å². The van der Waals surface area contributed by atoms with Gasteiger partial charge in [-0.25, -0.2) is 0 Å². The number of hydrogen-bond donors (Lipinski definition) is 1. The second-order valence-corrected chi connectivity index (χ2v) is 8.27.